The van der Waals surface area contributed by atoms with Crippen LogP contribution in [0.3, 0.4) is 0 Å². The Balaban J connectivity index is 2.56. The molecule has 0 atom stereocenters. The molecule has 17 heavy (non-hydrogen) atoms. The molecule has 0 N–H and O–H groups in total. The van der Waals surface area contributed by atoms with Gasteiger partial charge in [-0.25, -0.2) is 9.07 Å². The summed E-state index contributed by atoms with van der Waals surface area (Å²) in [5.74, 6) is -0.337. The maximum atomic E-state index is 13.2. The molecule has 1 aromatic heterocycles. The molecular weight excluding hydrogens is 219 g/mol. The standard InChI is InChI=1S/C12H11FN4/c1-2-6-17-12(11(8-14)15-16-17)9-4-3-5-10(13)7-9/h3-5,7H,2,6H2,1H3. The Morgan fingerprint density at radius 3 is 2.94 bits per heavy atom. The minimum absolute atomic E-state index is 0.226. The molecule has 0 saturated carbocycles. The maximum absolute atomic E-state index is 13.2. The third-order valence-corrected chi connectivity index (χ3v) is 2.37. The second-order valence-corrected chi connectivity index (χ2v) is 3.63. The van der Waals surface area contributed by atoms with Crippen molar-refractivity contribution in [2.24, 2.45) is 0 Å². The highest BCUT2D eigenvalue weighted by atomic mass is 19.1. The summed E-state index contributed by atoms with van der Waals surface area (Å²) in [6.07, 6.45) is 0.872. The maximum Gasteiger partial charge on any atom is 0.190 e. The lowest BCUT2D eigenvalue weighted by Crippen LogP contribution is -2.02. The van der Waals surface area contributed by atoms with E-state index < -0.39 is 0 Å². The molecule has 0 saturated heterocycles. The number of hydrogen-bond acceptors (Lipinski definition) is 3. The molecule has 0 unspecified atom stereocenters. The van der Waals surface area contributed by atoms with E-state index in [1.807, 2.05) is 13.0 Å². The van der Waals surface area contributed by atoms with Gasteiger partial charge in [0.2, 0.25) is 0 Å². The Kier molecular flexibility index (Phi) is 3.15. The molecule has 0 aliphatic heterocycles. The normalized spacial score (nSPS) is 10.2. The Labute approximate surface area is 98.3 Å². The van der Waals surface area contributed by atoms with Gasteiger partial charge >= 0.3 is 0 Å². The van der Waals surface area contributed by atoms with E-state index in [1.165, 1.54) is 12.1 Å². The van der Waals surface area contributed by atoms with Gasteiger partial charge in [0, 0.05) is 12.1 Å². The molecular formula is C12H11FN4. The lowest BCUT2D eigenvalue weighted by atomic mass is 10.1. The number of benzene rings is 1. The molecule has 0 amide bonds. The van der Waals surface area contributed by atoms with Crippen LogP contribution in [0.1, 0.15) is 19.0 Å². The van der Waals surface area contributed by atoms with Crippen molar-refractivity contribution < 1.29 is 4.39 Å². The molecule has 0 aliphatic carbocycles. The topological polar surface area (TPSA) is 54.5 Å². The van der Waals surface area contributed by atoms with E-state index in [2.05, 4.69) is 10.3 Å². The van der Waals surface area contributed by atoms with Crippen molar-refractivity contribution in [1.82, 2.24) is 15.0 Å². The summed E-state index contributed by atoms with van der Waals surface area (Å²) >= 11 is 0. The Morgan fingerprint density at radius 1 is 1.47 bits per heavy atom. The van der Waals surface area contributed by atoms with Crippen LogP contribution in [0.25, 0.3) is 11.3 Å². The minimum atomic E-state index is -0.337. The van der Waals surface area contributed by atoms with Gasteiger partial charge < -0.3 is 0 Å². The van der Waals surface area contributed by atoms with Crippen LogP contribution in [-0.2, 0) is 6.54 Å². The summed E-state index contributed by atoms with van der Waals surface area (Å²) in [6, 6.07) is 8.07. The summed E-state index contributed by atoms with van der Waals surface area (Å²) in [5.41, 5.74) is 1.43. The van der Waals surface area contributed by atoms with Gasteiger partial charge in [-0.1, -0.05) is 24.3 Å². The molecule has 86 valence electrons. The molecule has 1 heterocycles. The quantitative estimate of drug-likeness (QED) is 0.813. The zero-order valence-electron chi connectivity index (χ0n) is 9.39. The highest BCUT2D eigenvalue weighted by molar-refractivity contribution is 5.64. The van der Waals surface area contributed by atoms with Crippen molar-refractivity contribution in [3.63, 3.8) is 0 Å². The van der Waals surface area contributed by atoms with Gasteiger partial charge in [0.15, 0.2) is 5.69 Å². The second kappa shape index (κ2) is 4.74. The van der Waals surface area contributed by atoms with Crippen molar-refractivity contribution >= 4 is 0 Å². The van der Waals surface area contributed by atoms with Crippen LogP contribution in [0.5, 0.6) is 0 Å². The first-order valence-corrected chi connectivity index (χ1v) is 5.35. The zero-order chi connectivity index (χ0) is 12.3. The van der Waals surface area contributed by atoms with E-state index in [4.69, 9.17) is 5.26 Å². The summed E-state index contributed by atoms with van der Waals surface area (Å²) in [7, 11) is 0. The van der Waals surface area contributed by atoms with Crippen molar-refractivity contribution in [2.45, 2.75) is 19.9 Å². The van der Waals surface area contributed by atoms with Gasteiger partial charge in [-0.2, -0.15) is 5.26 Å². The van der Waals surface area contributed by atoms with Crippen LogP contribution in [0.2, 0.25) is 0 Å². The van der Waals surface area contributed by atoms with Gasteiger partial charge in [-0.05, 0) is 18.6 Å². The van der Waals surface area contributed by atoms with Crippen LogP contribution in [0.15, 0.2) is 24.3 Å². The number of nitriles is 1. The molecule has 0 fully saturated rings. The van der Waals surface area contributed by atoms with Gasteiger partial charge in [0.25, 0.3) is 0 Å². The number of halogens is 1. The lowest BCUT2D eigenvalue weighted by molar-refractivity contribution is 0.583. The molecule has 0 bridgehead atoms. The molecule has 2 rings (SSSR count). The SMILES string of the molecule is CCCn1nnc(C#N)c1-c1cccc(F)c1. The van der Waals surface area contributed by atoms with Crippen molar-refractivity contribution in [3.8, 4) is 17.3 Å². The van der Waals surface area contributed by atoms with E-state index >= 15 is 0 Å². The van der Waals surface area contributed by atoms with E-state index in [9.17, 15) is 4.39 Å². The second-order valence-electron chi connectivity index (χ2n) is 3.63. The monoisotopic (exact) mass is 230 g/mol. The molecule has 4 nitrogen and oxygen atoms in total. The van der Waals surface area contributed by atoms with E-state index in [0.29, 0.717) is 17.8 Å². The first-order chi connectivity index (χ1) is 8.26. The average Bonchev–Trinajstić information content (AvgIpc) is 2.72. The number of rotatable bonds is 3. The third kappa shape index (κ3) is 2.16. The Morgan fingerprint density at radius 2 is 2.29 bits per heavy atom. The fraction of sp³-hybridized carbons (Fsp3) is 0.250. The molecule has 1 aromatic carbocycles. The first-order valence-electron chi connectivity index (χ1n) is 5.35. The van der Waals surface area contributed by atoms with Crippen molar-refractivity contribution in [1.29, 1.82) is 5.26 Å². The van der Waals surface area contributed by atoms with Gasteiger partial charge in [-0.3, -0.25) is 0 Å². The van der Waals surface area contributed by atoms with E-state index in [1.54, 1.807) is 16.8 Å². The largest absolute Gasteiger partial charge is 0.243 e. The van der Waals surface area contributed by atoms with E-state index in [-0.39, 0.29) is 11.5 Å². The molecule has 0 spiro atoms. The molecule has 5 heteroatoms. The zero-order valence-corrected chi connectivity index (χ0v) is 9.39. The summed E-state index contributed by atoms with van der Waals surface area (Å²) in [6.45, 7) is 2.66. The minimum Gasteiger partial charge on any atom is -0.243 e. The van der Waals surface area contributed by atoms with Crippen LogP contribution in [-0.4, -0.2) is 15.0 Å². The molecule has 0 aliphatic rings. The van der Waals surface area contributed by atoms with E-state index in [0.717, 1.165) is 6.42 Å². The van der Waals surface area contributed by atoms with Crippen LogP contribution >= 0.6 is 0 Å². The summed E-state index contributed by atoms with van der Waals surface area (Å²) in [4.78, 5) is 0. The summed E-state index contributed by atoms with van der Waals surface area (Å²) < 4.78 is 14.8. The smallest absolute Gasteiger partial charge is 0.190 e. The highest BCUT2D eigenvalue weighted by Gasteiger charge is 2.14. The molecule has 2 aromatic rings. The average molecular weight is 230 g/mol. The fourth-order valence-electron chi connectivity index (χ4n) is 1.68. The summed E-state index contributed by atoms with van der Waals surface area (Å²) in [5, 5.41) is 16.7. The lowest BCUT2D eigenvalue weighted by Gasteiger charge is -2.05. The van der Waals surface area contributed by atoms with Crippen LogP contribution in [0.4, 0.5) is 4.39 Å². The number of nitrogens with zero attached hydrogens (tertiary/aromatic N) is 4. The number of aromatic nitrogens is 3. The predicted molar refractivity (Wildman–Crippen MR) is 60.4 cm³/mol. The van der Waals surface area contributed by atoms with Gasteiger partial charge in [-0.15, -0.1) is 5.10 Å². The molecule has 0 radical (unpaired) electrons. The van der Waals surface area contributed by atoms with Crippen molar-refractivity contribution in [2.75, 3.05) is 0 Å². The van der Waals surface area contributed by atoms with Crippen LogP contribution < -0.4 is 0 Å². The Hall–Kier alpha value is -2.22. The highest BCUT2D eigenvalue weighted by Crippen LogP contribution is 2.22. The predicted octanol–water partition coefficient (Wildman–Crippen LogP) is 2.37. The third-order valence-electron chi connectivity index (χ3n) is 2.37. The Bertz CT molecular complexity index is 568. The first kappa shape index (κ1) is 11.3. The number of aryl methyl sites for hydroxylation is 1. The number of hydrogen-bond donors (Lipinski definition) is 0. The van der Waals surface area contributed by atoms with Gasteiger partial charge in [0.05, 0.1) is 0 Å². The fourth-order valence-corrected chi connectivity index (χ4v) is 1.68. The van der Waals surface area contributed by atoms with Crippen molar-refractivity contribution in [3.05, 3.63) is 35.8 Å². The van der Waals surface area contributed by atoms with Crippen LogP contribution in [0, 0.1) is 17.1 Å². The van der Waals surface area contributed by atoms with Gasteiger partial charge in [0.1, 0.15) is 17.6 Å².